The van der Waals surface area contributed by atoms with Crippen LogP contribution in [0, 0.1) is 11.7 Å². The minimum atomic E-state index is -4.00. The molecule has 10 heteroatoms. The lowest BCUT2D eigenvalue weighted by Gasteiger charge is -2.37. The molecule has 2 N–H and O–H groups in total. The molecule has 3 atom stereocenters. The standard InChI is InChI=1S/C29H33FN2O6S/c1-19-15-32(20(2)18-33)39(36,37)28-13-10-22(21-8-11-24(30)12-9-21)14-26(28)38-27(19)17-31(3)16-23-6-4-5-7-25(23)29(34)35/h4-14,19-20,27,33H,15-18H2,1-3H3,(H,34,35)/t19-,20-,27+/m0/s1. The van der Waals surface area contributed by atoms with Crippen molar-refractivity contribution < 1.29 is 32.6 Å². The summed E-state index contributed by atoms with van der Waals surface area (Å²) in [6.07, 6.45) is -0.460. The fourth-order valence-corrected chi connectivity index (χ4v) is 6.62. The van der Waals surface area contributed by atoms with E-state index in [1.807, 2.05) is 18.9 Å². The summed E-state index contributed by atoms with van der Waals surface area (Å²) in [4.78, 5) is 13.6. The number of ether oxygens (including phenoxy) is 1. The van der Waals surface area contributed by atoms with E-state index in [4.69, 9.17) is 4.74 Å². The van der Waals surface area contributed by atoms with Gasteiger partial charge in [0.2, 0.25) is 10.0 Å². The Morgan fingerprint density at radius 2 is 1.79 bits per heavy atom. The minimum Gasteiger partial charge on any atom is -0.487 e. The van der Waals surface area contributed by atoms with Gasteiger partial charge >= 0.3 is 5.97 Å². The van der Waals surface area contributed by atoms with Crippen molar-refractivity contribution in [2.24, 2.45) is 5.92 Å². The number of rotatable bonds is 8. The minimum absolute atomic E-state index is 0.00978. The van der Waals surface area contributed by atoms with E-state index in [2.05, 4.69) is 0 Å². The number of nitrogens with zero attached hydrogens (tertiary/aromatic N) is 2. The van der Waals surface area contributed by atoms with E-state index >= 15 is 0 Å². The van der Waals surface area contributed by atoms with Gasteiger partial charge in [-0.1, -0.05) is 43.3 Å². The SMILES string of the molecule is C[C@H]1CN([C@@H](C)CO)S(=O)(=O)c2ccc(-c3ccc(F)cc3)cc2O[C@@H]1CN(C)Cc1ccccc1C(=O)O. The lowest BCUT2D eigenvalue weighted by molar-refractivity contribution is 0.0686. The first kappa shape index (κ1) is 28.7. The highest BCUT2D eigenvalue weighted by atomic mass is 32.2. The first-order chi connectivity index (χ1) is 18.5. The number of fused-ring (bicyclic) bond motifs is 1. The monoisotopic (exact) mass is 556 g/mol. The summed E-state index contributed by atoms with van der Waals surface area (Å²) in [7, 11) is -2.14. The molecule has 1 heterocycles. The second kappa shape index (κ2) is 11.8. The van der Waals surface area contributed by atoms with Gasteiger partial charge in [-0.05, 0) is 61.0 Å². The highest BCUT2D eigenvalue weighted by molar-refractivity contribution is 7.89. The van der Waals surface area contributed by atoms with Crippen molar-refractivity contribution in [2.75, 3.05) is 26.7 Å². The van der Waals surface area contributed by atoms with Gasteiger partial charge in [-0.2, -0.15) is 4.31 Å². The third kappa shape index (κ3) is 6.30. The quantitative estimate of drug-likeness (QED) is 0.430. The molecule has 0 bridgehead atoms. The van der Waals surface area contributed by atoms with E-state index in [0.29, 0.717) is 29.8 Å². The number of carboxylic acids is 1. The van der Waals surface area contributed by atoms with Crippen LogP contribution in [0.15, 0.2) is 71.6 Å². The Labute approximate surface area is 228 Å². The molecule has 8 nitrogen and oxygen atoms in total. The van der Waals surface area contributed by atoms with Crippen LogP contribution in [0.1, 0.15) is 29.8 Å². The lowest BCUT2D eigenvalue weighted by Crippen LogP contribution is -2.49. The van der Waals surface area contributed by atoms with E-state index in [9.17, 15) is 27.8 Å². The van der Waals surface area contributed by atoms with Gasteiger partial charge in [0.15, 0.2) is 0 Å². The van der Waals surface area contributed by atoms with Crippen LogP contribution in [0.2, 0.25) is 0 Å². The molecule has 0 radical (unpaired) electrons. The van der Waals surface area contributed by atoms with Crippen molar-refractivity contribution >= 4 is 16.0 Å². The number of likely N-dealkylation sites (N-methyl/N-ethyl adjacent to an activating group) is 1. The topological polar surface area (TPSA) is 107 Å². The highest BCUT2D eigenvalue weighted by Crippen LogP contribution is 2.36. The van der Waals surface area contributed by atoms with Crippen LogP contribution in [0.5, 0.6) is 5.75 Å². The maximum Gasteiger partial charge on any atom is 0.336 e. The second-order valence-electron chi connectivity index (χ2n) is 10.1. The first-order valence-corrected chi connectivity index (χ1v) is 14.1. The predicted octanol–water partition coefficient (Wildman–Crippen LogP) is 4.09. The zero-order valence-corrected chi connectivity index (χ0v) is 22.9. The van der Waals surface area contributed by atoms with Crippen molar-refractivity contribution in [3.8, 4) is 16.9 Å². The number of aliphatic hydroxyl groups excluding tert-OH is 1. The molecule has 0 spiro atoms. The number of hydrogen-bond acceptors (Lipinski definition) is 6. The number of carboxylic acid groups (broad SMARTS) is 1. The van der Waals surface area contributed by atoms with Gasteiger partial charge in [0.05, 0.1) is 12.2 Å². The smallest absolute Gasteiger partial charge is 0.336 e. The first-order valence-electron chi connectivity index (χ1n) is 12.7. The molecule has 208 valence electrons. The molecule has 0 saturated carbocycles. The molecule has 3 aromatic carbocycles. The van der Waals surface area contributed by atoms with Crippen LogP contribution < -0.4 is 4.74 Å². The van der Waals surface area contributed by atoms with Crippen LogP contribution in [0.3, 0.4) is 0 Å². The van der Waals surface area contributed by atoms with Crippen LogP contribution >= 0.6 is 0 Å². The Kier molecular flexibility index (Phi) is 8.70. The average Bonchev–Trinajstić information content (AvgIpc) is 2.90. The predicted molar refractivity (Wildman–Crippen MR) is 146 cm³/mol. The molecular formula is C29H33FN2O6S. The van der Waals surface area contributed by atoms with Crippen molar-refractivity contribution in [2.45, 2.75) is 37.4 Å². The summed E-state index contributed by atoms with van der Waals surface area (Å²) in [5.41, 5.74) is 2.25. The summed E-state index contributed by atoms with van der Waals surface area (Å²) in [6.45, 7) is 4.08. The zero-order chi connectivity index (χ0) is 28.3. The molecule has 0 aromatic heterocycles. The second-order valence-corrected chi connectivity index (χ2v) is 11.9. The number of halogens is 1. The molecule has 0 aliphatic carbocycles. The number of hydrogen-bond donors (Lipinski definition) is 2. The maximum absolute atomic E-state index is 13.7. The number of aromatic carboxylic acids is 1. The number of sulfonamides is 1. The molecule has 39 heavy (non-hydrogen) atoms. The van der Waals surface area contributed by atoms with Crippen molar-refractivity contribution in [1.29, 1.82) is 0 Å². The Morgan fingerprint density at radius 1 is 1.13 bits per heavy atom. The largest absolute Gasteiger partial charge is 0.487 e. The average molecular weight is 557 g/mol. The number of aliphatic hydroxyl groups is 1. The Morgan fingerprint density at radius 3 is 2.46 bits per heavy atom. The number of carbonyl (C=O) groups is 1. The molecule has 0 fully saturated rings. The van der Waals surface area contributed by atoms with E-state index in [1.165, 1.54) is 22.5 Å². The van der Waals surface area contributed by atoms with Gasteiger partial charge in [0.1, 0.15) is 22.6 Å². The van der Waals surface area contributed by atoms with Crippen molar-refractivity contribution in [3.05, 3.63) is 83.7 Å². The molecular weight excluding hydrogens is 523 g/mol. The van der Waals surface area contributed by atoms with Crippen LogP contribution in [0.4, 0.5) is 4.39 Å². The molecule has 0 saturated heterocycles. The molecule has 3 aromatic rings. The third-order valence-corrected chi connectivity index (χ3v) is 9.04. The van der Waals surface area contributed by atoms with Crippen LogP contribution in [0.25, 0.3) is 11.1 Å². The van der Waals surface area contributed by atoms with E-state index < -0.39 is 28.1 Å². The van der Waals surface area contributed by atoms with Gasteiger partial charge in [-0.15, -0.1) is 0 Å². The zero-order valence-electron chi connectivity index (χ0n) is 22.1. The summed E-state index contributed by atoms with van der Waals surface area (Å²) >= 11 is 0. The summed E-state index contributed by atoms with van der Waals surface area (Å²) in [6, 6.07) is 16.8. The van der Waals surface area contributed by atoms with Gasteiger partial charge < -0.3 is 14.9 Å². The Hall–Kier alpha value is -3.31. The molecule has 1 aliphatic rings. The summed E-state index contributed by atoms with van der Waals surface area (Å²) < 4.78 is 48.6. The maximum atomic E-state index is 13.7. The highest BCUT2D eigenvalue weighted by Gasteiger charge is 2.38. The molecule has 0 unspecified atom stereocenters. The van der Waals surface area contributed by atoms with E-state index in [0.717, 1.165) is 0 Å². The number of benzene rings is 3. The molecule has 4 rings (SSSR count). The molecule has 1 aliphatic heterocycles. The third-order valence-electron chi connectivity index (χ3n) is 7.02. The van der Waals surface area contributed by atoms with Gasteiger partial charge in [0, 0.05) is 31.6 Å². The normalized spacial score (nSPS) is 19.9. The van der Waals surface area contributed by atoms with E-state index in [-0.39, 0.29) is 41.1 Å². The van der Waals surface area contributed by atoms with Gasteiger partial charge in [-0.25, -0.2) is 17.6 Å². The van der Waals surface area contributed by atoms with Gasteiger partial charge in [-0.3, -0.25) is 4.90 Å². The fourth-order valence-electron chi connectivity index (χ4n) is 4.79. The fraction of sp³-hybridized carbons (Fsp3) is 0.345. The van der Waals surface area contributed by atoms with Crippen molar-refractivity contribution in [3.63, 3.8) is 0 Å². The Balaban J connectivity index is 1.71. The lowest BCUT2D eigenvalue weighted by atomic mass is 10.0. The van der Waals surface area contributed by atoms with Crippen LogP contribution in [-0.2, 0) is 16.6 Å². The van der Waals surface area contributed by atoms with Crippen LogP contribution in [-0.4, -0.2) is 72.7 Å². The van der Waals surface area contributed by atoms with E-state index in [1.54, 1.807) is 55.5 Å². The van der Waals surface area contributed by atoms with Crippen molar-refractivity contribution in [1.82, 2.24) is 9.21 Å². The molecule has 0 amide bonds. The summed E-state index contributed by atoms with van der Waals surface area (Å²) in [5, 5.41) is 19.4. The van der Waals surface area contributed by atoms with Gasteiger partial charge in [0.25, 0.3) is 0 Å². The Bertz CT molecular complexity index is 1430. The summed E-state index contributed by atoms with van der Waals surface area (Å²) in [5.74, 6) is -1.48.